The lowest BCUT2D eigenvalue weighted by Gasteiger charge is -2.18. The van der Waals surface area contributed by atoms with Gasteiger partial charge in [-0.2, -0.15) is 13.2 Å². The van der Waals surface area contributed by atoms with Crippen LogP contribution >= 0.6 is 11.6 Å². The maximum atomic E-state index is 12.9. The first-order valence-electron chi connectivity index (χ1n) is 6.29. The molecule has 118 valence electrons. The van der Waals surface area contributed by atoms with Crippen molar-refractivity contribution in [2.75, 3.05) is 4.90 Å². The van der Waals surface area contributed by atoms with E-state index in [0.29, 0.717) is 17.0 Å². The van der Waals surface area contributed by atoms with Gasteiger partial charge >= 0.3 is 6.18 Å². The molecule has 2 aromatic carbocycles. The van der Waals surface area contributed by atoms with Crippen molar-refractivity contribution in [3.8, 4) is 5.75 Å². The maximum Gasteiger partial charge on any atom is 0.416 e. The minimum atomic E-state index is -4.75. The van der Waals surface area contributed by atoms with Crippen molar-refractivity contribution in [3.05, 3.63) is 58.1 Å². The third-order valence-electron chi connectivity index (χ3n) is 3.41. The second-order valence-electron chi connectivity index (χ2n) is 4.81. The summed E-state index contributed by atoms with van der Waals surface area (Å²) in [6.07, 6.45) is -4.75. The van der Waals surface area contributed by atoms with Crippen molar-refractivity contribution in [3.63, 3.8) is 0 Å². The number of rotatable bonds is 1. The fourth-order valence-corrected chi connectivity index (χ4v) is 2.54. The number of anilines is 1. The van der Waals surface area contributed by atoms with Gasteiger partial charge in [0.05, 0.1) is 27.4 Å². The van der Waals surface area contributed by atoms with Crippen LogP contribution in [0.15, 0.2) is 36.4 Å². The molecule has 0 saturated carbocycles. The van der Waals surface area contributed by atoms with Gasteiger partial charge in [-0.1, -0.05) is 23.7 Å². The number of carbonyl (C=O) groups excluding carboxylic acids is 2. The van der Waals surface area contributed by atoms with Gasteiger partial charge in [-0.25, -0.2) is 4.90 Å². The number of phenols is 1. The van der Waals surface area contributed by atoms with E-state index in [1.165, 1.54) is 24.3 Å². The second kappa shape index (κ2) is 4.99. The summed E-state index contributed by atoms with van der Waals surface area (Å²) in [6, 6.07) is 6.84. The van der Waals surface area contributed by atoms with Crippen molar-refractivity contribution in [2.24, 2.45) is 0 Å². The van der Waals surface area contributed by atoms with Crippen molar-refractivity contribution in [1.82, 2.24) is 0 Å². The molecule has 0 fully saturated rings. The summed E-state index contributed by atoms with van der Waals surface area (Å²) in [5, 5.41) is 9.31. The first-order valence-corrected chi connectivity index (χ1v) is 6.67. The van der Waals surface area contributed by atoms with Gasteiger partial charge in [0.25, 0.3) is 11.8 Å². The molecule has 1 N–H and O–H groups in total. The molecule has 8 heteroatoms. The Kier molecular flexibility index (Phi) is 3.33. The van der Waals surface area contributed by atoms with E-state index in [-0.39, 0.29) is 11.1 Å². The minimum Gasteiger partial charge on any atom is -0.504 e. The standard InChI is InChI=1S/C15H7ClF3NO3/c16-10-5-7(15(17,18)19)6-11(12(10)21)20-13(22)8-3-1-2-4-9(8)14(20)23/h1-6,21H. The number of aromatic hydroxyl groups is 1. The molecule has 3 rings (SSSR count). The highest BCUT2D eigenvalue weighted by Gasteiger charge is 2.40. The van der Waals surface area contributed by atoms with E-state index in [1.54, 1.807) is 0 Å². The Hall–Kier alpha value is -2.54. The molecule has 1 aliphatic rings. The minimum absolute atomic E-state index is 0.0467. The van der Waals surface area contributed by atoms with Crippen LogP contribution in [-0.2, 0) is 6.18 Å². The lowest BCUT2D eigenvalue weighted by Crippen LogP contribution is -2.29. The van der Waals surface area contributed by atoms with Gasteiger partial charge in [0.15, 0.2) is 5.75 Å². The number of hydrogen-bond donors (Lipinski definition) is 1. The number of hydrogen-bond acceptors (Lipinski definition) is 3. The van der Waals surface area contributed by atoms with Gasteiger partial charge in [-0.3, -0.25) is 9.59 Å². The van der Waals surface area contributed by atoms with E-state index < -0.39 is 40.0 Å². The predicted molar refractivity (Wildman–Crippen MR) is 75.7 cm³/mol. The number of imide groups is 1. The van der Waals surface area contributed by atoms with Gasteiger partial charge in [-0.05, 0) is 24.3 Å². The van der Waals surface area contributed by atoms with E-state index in [0.717, 1.165) is 0 Å². The summed E-state index contributed by atoms with van der Waals surface area (Å²) >= 11 is 5.61. The largest absolute Gasteiger partial charge is 0.504 e. The Balaban J connectivity index is 2.19. The van der Waals surface area contributed by atoms with Gasteiger partial charge in [0, 0.05) is 0 Å². The molecule has 0 aromatic heterocycles. The van der Waals surface area contributed by atoms with Crippen molar-refractivity contribution >= 4 is 29.1 Å². The quantitative estimate of drug-likeness (QED) is 0.801. The molecule has 0 unspecified atom stereocenters. The zero-order valence-electron chi connectivity index (χ0n) is 11.2. The van der Waals surface area contributed by atoms with Gasteiger partial charge < -0.3 is 5.11 Å². The normalized spacial score (nSPS) is 14.3. The van der Waals surface area contributed by atoms with Crippen LogP contribution in [0, 0.1) is 0 Å². The summed E-state index contributed by atoms with van der Waals surface area (Å²) < 4.78 is 38.7. The molecule has 0 radical (unpaired) electrons. The van der Waals surface area contributed by atoms with Gasteiger partial charge in [0.1, 0.15) is 0 Å². The number of phenolic OH excluding ortho intramolecular Hbond substituents is 1. The predicted octanol–water partition coefficient (Wildman–Crippen LogP) is 3.87. The van der Waals surface area contributed by atoms with E-state index in [4.69, 9.17) is 11.6 Å². The molecule has 23 heavy (non-hydrogen) atoms. The Morgan fingerprint density at radius 3 is 2.00 bits per heavy atom. The Labute approximate surface area is 132 Å². The van der Waals surface area contributed by atoms with Crippen LogP contribution in [0.2, 0.25) is 5.02 Å². The van der Waals surface area contributed by atoms with E-state index in [1.807, 2.05) is 0 Å². The summed E-state index contributed by atoms with van der Waals surface area (Å²) in [5.74, 6) is -2.42. The van der Waals surface area contributed by atoms with E-state index >= 15 is 0 Å². The summed E-state index contributed by atoms with van der Waals surface area (Å²) in [5.41, 5.74) is -1.68. The molecule has 1 heterocycles. The van der Waals surface area contributed by atoms with Crippen LogP contribution in [-0.4, -0.2) is 16.9 Å². The van der Waals surface area contributed by atoms with Gasteiger partial charge in [0.2, 0.25) is 0 Å². The lowest BCUT2D eigenvalue weighted by atomic mass is 10.1. The summed E-state index contributed by atoms with van der Waals surface area (Å²) in [6.45, 7) is 0. The fraction of sp³-hybridized carbons (Fsp3) is 0.0667. The number of nitrogens with zero attached hydrogens (tertiary/aromatic N) is 1. The topological polar surface area (TPSA) is 57.6 Å². The van der Waals surface area contributed by atoms with Crippen LogP contribution < -0.4 is 4.90 Å². The number of halogens is 4. The first kappa shape index (κ1) is 15.4. The summed E-state index contributed by atoms with van der Waals surface area (Å²) in [7, 11) is 0. The Morgan fingerprint density at radius 2 is 1.52 bits per heavy atom. The average Bonchev–Trinajstić information content (AvgIpc) is 2.73. The molecule has 4 nitrogen and oxygen atoms in total. The van der Waals surface area contributed by atoms with Crippen LogP contribution in [0.3, 0.4) is 0 Å². The number of carbonyl (C=O) groups is 2. The Morgan fingerprint density at radius 1 is 1.00 bits per heavy atom. The number of alkyl halides is 3. The Bertz CT molecular complexity index is 813. The molecule has 2 amide bonds. The monoisotopic (exact) mass is 341 g/mol. The first-order chi connectivity index (χ1) is 10.7. The molecule has 2 aromatic rings. The summed E-state index contributed by atoms with van der Waals surface area (Å²) in [4.78, 5) is 25.1. The zero-order chi connectivity index (χ0) is 16.9. The molecular formula is C15H7ClF3NO3. The highest BCUT2D eigenvalue weighted by atomic mass is 35.5. The molecule has 0 bridgehead atoms. The average molecular weight is 342 g/mol. The molecule has 0 atom stereocenters. The third-order valence-corrected chi connectivity index (χ3v) is 3.69. The van der Waals surface area contributed by atoms with E-state index in [2.05, 4.69) is 0 Å². The molecular weight excluding hydrogens is 335 g/mol. The van der Waals surface area contributed by atoms with E-state index in [9.17, 15) is 27.9 Å². The smallest absolute Gasteiger partial charge is 0.416 e. The SMILES string of the molecule is O=C1c2ccccc2C(=O)N1c1cc(C(F)(F)F)cc(Cl)c1O. The lowest BCUT2D eigenvalue weighted by molar-refractivity contribution is -0.137. The third kappa shape index (κ3) is 2.33. The number of benzene rings is 2. The molecule has 1 aliphatic heterocycles. The highest BCUT2D eigenvalue weighted by molar-refractivity contribution is 6.36. The second-order valence-corrected chi connectivity index (χ2v) is 5.22. The van der Waals surface area contributed by atoms with Crippen LogP contribution in [0.25, 0.3) is 0 Å². The number of amides is 2. The van der Waals surface area contributed by atoms with Crippen LogP contribution in [0.4, 0.5) is 18.9 Å². The molecule has 0 spiro atoms. The zero-order valence-corrected chi connectivity index (χ0v) is 11.9. The van der Waals surface area contributed by atoms with Crippen molar-refractivity contribution in [1.29, 1.82) is 0 Å². The van der Waals surface area contributed by atoms with Crippen LogP contribution in [0.5, 0.6) is 5.75 Å². The fourth-order valence-electron chi connectivity index (χ4n) is 2.33. The highest BCUT2D eigenvalue weighted by Crippen LogP contribution is 2.43. The van der Waals surface area contributed by atoms with Gasteiger partial charge in [-0.15, -0.1) is 0 Å². The molecule has 0 aliphatic carbocycles. The van der Waals surface area contributed by atoms with Crippen molar-refractivity contribution in [2.45, 2.75) is 6.18 Å². The number of fused-ring (bicyclic) bond motifs is 1. The molecule has 0 saturated heterocycles. The van der Waals surface area contributed by atoms with Crippen molar-refractivity contribution < 1.29 is 27.9 Å². The van der Waals surface area contributed by atoms with Crippen LogP contribution in [0.1, 0.15) is 26.3 Å². The maximum absolute atomic E-state index is 12.9.